The molecule has 5 heteroatoms. The average Bonchev–Trinajstić information content (AvgIpc) is 2.72. The fraction of sp³-hybridized carbons (Fsp3) is 0.417. The number of hydrogen-bond acceptors (Lipinski definition) is 3. The molecule has 0 amide bonds. The number of anilines is 1. The van der Waals surface area contributed by atoms with Crippen molar-refractivity contribution in [2.24, 2.45) is 10.9 Å². The highest BCUT2D eigenvalue weighted by atomic mass is 35.5. The lowest BCUT2D eigenvalue weighted by atomic mass is 10.1. The van der Waals surface area contributed by atoms with E-state index in [0.29, 0.717) is 22.0 Å². The van der Waals surface area contributed by atoms with Crippen LogP contribution in [0, 0.1) is 5.92 Å². The quantitative estimate of drug-likeness (QED) is 0.864. The molecule has 0 bridgehead atoms. The molecule has 1 aromatic rings. The summed E-state index contributed by atoms with van der Waals surface area (Å²) in [5.74, 6) is 1.62. The molecule has 0 saturated heterocycles. The molecule has 1 aromatic carbocycles. The maximum absolute atomic E-state index is 5.96. The molecule has 92 valence electrons. The van der Waals surface area contributed by atoms with Gasteiger partial charge in [0.2, 0.25) is 0 Å². The molecule has 1 heterocycles. The Kier molecular flexibility index (Phi) is 4.23. The number of aliphatic imine (C=N–C) groups is 1. The van der Waals surface area contributed by atoms with E-state index in [0.717, 1.165) is 16.6 Å². The zero-order chi connectivity index (χ0) is 12.4. The van der Waals surface area contributed by atoms with Gasteiger partial charge in [-0.05, 0) is 24.1 Å². The van der Waals surface area contributed by atoms with E-state index in [9.17, 15) is 0 Å². The van der Waals surface area contributed by atoms with Crippen molar-refractivity contribution < 1.29 is 0 Å². The number of benzene rings is 1. The second-order valence-corrected chi connectivity index (χ2v) is 6.13. The summed E-state index contributed by atoms with van der Waals surface area (Å²) in [6.07, 6.45) is 0. The summed E-state index contributed by atoms with van der Waals surface area (Å²) in [5.41, 5.74) is 0.926. The van der Waals surface area contributed by atoms with Gasteiger partial charge in [0.25, 0.3) is 0 Å². The summed E-state index contributed by atoms with van der Waals surface area (Å²) in [7, 11) is 0. The van der Waals surface area contributed by atoms with E-state index >= 15 is 0 Å². The summed E-state index contributed by atoms with van der Waals surface area (Å²) in [6, 6.07) is 5.91. The number of rotatable bonds is 2. The molecule has 0 aliphatic carbocycles. The van der Waals surface area contributed by atoms with E-state index in [1.54, 1.807) is 17.8 Å². The highest BCUT2D eigenvalue weighted by molar-refractivity contribution is 8.14. The van der Waals surface area contributed by atoms with Crippen LogP contribution in [0.5, 0.6) is 0 Å². The molecule has 1 unspecified atom stereocenters. The fourth-order valence-electron chi connectivity index (χ4n) is 1.50. The lowest BCUT2D eigenvalue weighted by Gasteiger charge is -2.08. The predicted octanol–water partition coefficient (Wildman–Crippen LogP) is 4.53. The minimum absolute atomic E-state index is 0.408. The summed E-state index contributed by atoms with van der Waals surface area (Å²) in [4.78, 5) is 4.63. The van der Waals surface area contributed by atoms with Crippen LogP contribution < -0.4 is 5.32 Å². The first-order valence-corrected chi connectivity index (χ1v) is 7.23. The van der Waals surface area contributed by atoms with Gasteiger partial charge in [-0.25, -0.2) is 0 Å². The van der Waals surface area contributed by atoms with E-state index in [4.69, 9.17) is 23.2 Å². The lowest BCUT2D eigenvalue weighted by molar-refractivity contribution is 0.543. The molecule has 2 nitrogen and oxygen atoms in total. The number of nitrogens with zero attached hydrogens (tertiary/aromatic N) is 1. The van der Waals surface area contributed by atoms with Gasteiger partial charge in [0, 0.05) is 11.4 Å². The molecule has 0 aromatic heterocycles. The lowest BCUT2D eigenvalue weighted by Crippen LogP contribution is -2.12. The molecular weight excluding hydrogens is 275 g/mol. The number of nitrogens with one attached hydrogen (secondary N) is 1. The average molecular weight is 289 g/mol. The van der Waals surface area contributed by atoms with Crippen LogP contribution in [-0.4, -0.2) is 17.0 Å². The van der Waals surface area contributed by atoms with Gasteiger partial charge in [0.15, 0.2) is 5.17 Å². The van der Waals surface area contributed by atoms with Gasteiger partial charge >= 0.3 is 0 Å². The minimum atomic E-state index is 0.408. The molecule has 1 aliphatic heterocycles. The first-order valence-electron chi connectivity index (χ1n) is 5.49. The molecule has 1 aliphatic rings. The Morgan fingerprint density at radius 3 is 2.71 bits per heavy atom. The molecule has 1 N–H and O–H groups in total. The monoisotopic (exact) mass is 288 g/mol. The number of hydrogen-bond donors (Lipinski definition) is 1. The second-order valence-electron chi connectivity index (χ2n) is 4.31. The van der Waals surface area contributed by atoms with Crippen molar-refractivity contribution >= 4 is 45.8 Å². The third-order valence-corrected chi connectivity index (χ3v) is 4.34. The molecule has 17 heavy (non-hydrogen) atoms. The Labute approximate surface area is 116 Å². The van der Waals surface area contributed by atoms with E-state index < -0.39 is 0 Å². The SMILES string of the molecule is CC(C)C1CSC(Nc2ccc(Cl)c(Cl)c2)=N1. The summed E-state index contributed by atoms with van der Waals surface area (Å²) in [6.45, 7) is 4.38. The topological polar surface area (TPSA) is 24.4 Å². The van der Waals surface area contributed by atoms with Gasteiger partial charge in [0.1, 0.15) is 0 Å². The molecule has 0 saturated carbocycles. The maximum atomic E-state index is 5.96. The highest BCUT2D eigenvalue weighted by Gasteiger charge is 2.21. The largest absolute Gasteiger partial charge is 0.335 e. The molecular formula is C12H14Cl2N2S. The first kappa shape index (κ1) is 13.1. The third kappa shape index (κ3) is 3.30. The molecule has 2 rings (SSSR count). The van der Waals surface area contributed by atoms with Gasteiger partial charge in [-0.3, -0.25) is 4.99 Å². The van der Waals surface area contributed by atoms with E-state index in [-0.39, 0.29) is 0 Å². The third-order valence-electron chi connectivity index (χ3n) is 2.61. The molecule has 0 fully saturated rings. The van der Waals surface area contributed by atoms with E-state index in [1.165, 1.54) is 0 Å². The first-order chi connectivity index (χ1) is 8.06. The number of thioether (sulfide) groups is 1. The van der Waals surface area contributed by atoms with Crippen LogP contribution >= 0.6 is 35.0 Å². The van der Waals surface area contributed by atoms with Crippen molar-refractivity contribution in [2.45, 2.75) is 19.9 Å². The molecule has 1 atom stereocenters. The van der Waals surface area contributed by atoms with Crippen LogP contribution in [0.4, 0.5) is 5.69 Å². The fourth-order valence-corrected chi connectivity index (χ4v) is 2.98. The van der Waals surface area contributed by atoms with E-state index in [2.05, 4.69) is 24.2 Å². The van der Waals surface area contributed by atoms with Crippen molar-refractivity contribution in [3.63, 3.8) is 0 Å². The van der Waals surface area contributed by atoms with Crippen molar-refractivity contribution in [3.05, 3.63) is 28.2 Å². The molecule has 0 spiro atoms. The summed E-state index contributed by atoms with van der Waals surface area (Å²) < 4.78 is 0. The standard InChI is InChI=1S/C12H14Cl2N2S/c1-7(2)11-6-17-12(16-11)15-8-3-4-9(13)10(14)5-8/h3-5,7,11H,6H2,1-2H3,(H,15,16). The normalized spacial score (nSPS) is 19.6. The Morgan fingerprint density at radius 1 is 1.35 bits per heavy atom. The van der Waals surface area contributed by atoms with Gasteiger partial charge < -0.3 is 5.32 Å². The molecule has 0 radical (unpaired) electrons. The summed E-state index contributed by atoms with van der Waals surface area (Å²) in [5, 5.41) is 5.35. The Hall–Kier alpha value is -0.380. The number of amidine groups is 1. The van der Waals surface area contributed by atoms with Crippen molar-refractivity contribution in [1.82, 2.24) is 0 Å². The van der Waals surface area contributed by atoms with Gasteiger partial charge in [-0.15, -0.1) is 0 Å². The van der Waals surface area contributed by atoms with Crippen molar-refractivity contribution in [2.75, 3.05) is 11.1 Å². The van der Waals surface area contributed by atoms with Gasteiger partial charge in [-0.2, -0.15) is 0 Å². The second kappa shape index (κ2) is 5.51. The predicted molar refractivity (Wildman–Crippen MR) is 78.6 cm³/mol. The smallest absolute Gasteiger partial charge is 0.161 e. The zero-order valence-electron chi connectivity index (χ0n) is 9.71. The summed E-state index contributed by atoms with van der Waals surface area (Å²) >= 11 is 13.6. The number of halogens is 2. The van der Waals surface area contributed by atoms with E-state index in [1.807, 2.05) is 12.1 Å². The van der Waals surface area contributed by atoms with Crippen LogP contribution in [0.1, 0.15) is 13.8 Å². The van der Waals surface area contributed by atoms with Crippen LogP contribution in [0.25, 0.3) is 0 Å². The van der Waals surface area contributed by atoms with Crippen LogP contribution in [0.15, 0.2) is 23.2 Å². The van der Waals surface area contributed by atoms with Gasteiger partial charge in [-0.1, -0.05) is 48.8 Å². The maximum Gasteiger partial charge on any atom is 0.161 e. The van der Waals surface area contributed by atoms with Crippen LogP contribution in [-0.2, 0) is 0 Å². The Morgan fingerprint density at radius 2 is 2.12 bits per heavy atom. The minimum Gasteiger partial charge on any atom is -0.335 e. The van der Waals surface area contributed by atoms with Crippen LogP contribution in [0.3, 0.4) is 0 Å². The van der Waals surface area contributed by atoms with Crippen molar-refractivity contribution in [3.8, 4) is 0 Å². The Balaban J connectivity index is 2.06. The van der Waals surface area contributed by atoms with Crippen LogP contribution in [0.2, 0.25) is 10.0 Å². The van der Waals surface area contributed by atoms with Gasteiger partial charge in [0.05, 0.1) is 16.1 Å². The zero-order valence-corrected chi connectivity index (χ0v) is 12.0. The van der Waals surface area contributed by atoms with Crippen molar-refractivity contribution in [1.29, 1.82) is 0 Å². The Bertz CT molecular complexity index is 446. The highest BCUT2D eigenvalue weighted by Crippen LogP contribution is 2.28.